The molecule has 0 radical (unpaired) electrons. The van der Waals surface area contributed by atoms with Gasteiger partial charge in [0.15, 0.2) is 0 Å². The molecule has 1 atom stereocenters. The van der Waals surface area contributed by atoms with Crippen molar-refractivity contribution in [1.82, 2.24) is 9.62 Å². The molecule has 1 N–H and O–H groups in total. The van der Waals surface area contributed by atoms with Crippen molar-refractivity contribution in [2.45, 2.75) is 30.1 Å². The third-order valence-electron chi connectivity index (χ3n) is 3.47. The van der Waals surface area contributed by atoms with Crippen molar-refractivity contribution in [3.8, 4) is 5.75 Å². The van der Waals surface area contributed by atoms with Gasteiger partial charge in [0.25, 0.3) is 0 Å². The fourth-order valence-corrected chi connectivity index (χ4v) is 3.94. The second-order valence-corrected chi connectivity index (χ2v) is 6.95. The Morgan fingerprint density at radius 1 is 1.36 bits per heavy atom. The first-order valence-corrected chi connectivity index (χ1v) is 8.19. The van der Waals surface area contributed by atoms with Crippen LogP contribution in [-0.4, -0.2) is 45.3 Å². The van der Waals surface area contributed by atoms with Crippen molar-refractivity contribution in [1.29, 1.82) is 0 Å². The maximum atomic E-state index is 12.5. The van der Waals surface area contributed by atoms with E-state index in [1.54, 1.807) is 7.05 Å². The van der Waals surface area contributed by atoms with Crippen LogP contribution in [0.2, 0.25) is 0 Å². The summed E-state index contributed by atoms with van der Waals surface area (Å²) in [6.45, 7) is 0.647. The van der Waals surface area contributed by atoms with Gasteiger partial charge in [-0.3, -0.25) is 0 Å². The second-order valence-electron chi connectivity index (χ2n) is 5.01. The van der Waals surface area contributed by atoms with Gasteiger partial charge >= 0.3 is 6.36 Å². The Bertz CT molecular complexity index is 619. The summed E-state index contributed by atoms with van der Waals surface area (Å²) < 4.78 is 66.8. The number of nitrogens with one attached hydrogen (secondary N) is 1. The fourth-order valence-electron chi connectivity index (χ4n) is 2.38. The fraction of sp³-hybridized carbons (Fsp3) is 0.538. The van der Waals surface area contributed by atoms with E-state index in [1.807, 2.05) is 0 Å². The van der Waals surface area contributed by atoms with Crippen molar-refractivity contribution in [3.63, 3.8) is 0 Å². The van der Waals surface area contributed by atoms with Gasteiger partial charge in [-0.15, -0.1) is 13.2 Å². The van der Waals surface area contributed by atoms with E-state index in [4.69, 9.17) is 0 Å². The molecule has 1 saturated heterocycles. The summed E-state index contributed by atoms with van der Waals surface area (Å²) >= 11 is 0. The van der Waals surface area contributed by atoms with Crippen LogP contribution in [0.25, 0.3) is 0 Å². The van der Waals surface area contributed by atoms with Gasteiger partial charge in [-0.25, -0.2) is 8.42 Å². The topological polar surface area (TPSA) is 58.6 Å². The Hall–Kier alpha value is -1.32. The quantitative estimate of drug-likeness (QED) is 0.912. The largest absolute Gasteiger partial charge is 0.573 e. The zero-order valence-electron chi connectivity index (χ0n) is 11.9. The van der Waals surface area contributed by atoms with E-state index in [2.05, 4.69) is 10.1 Å². The molecule has 9 heteroatoms. The summed E-state index contributed by atoms with van der Waals surface area (Å²) in [6, 6.07) is 4.50. The zero-order valence-corrected chi connectivity index (χ0v) is 12.7. The molecule has 0 aromatic heterocycles. The first-order chi connectivity index (χ1) is 10.2. The zero-order chi connectivity index (χ0) is 16.4. The standard InChI is InChI=1S/C13H17F3N2O3S/c1-17-10-4-3-7-18(9-10)22(19,20)12-6-2-5-11(8-12)21-13(14,15)16/h2,5-6,8,10,17H,3-4,7,9H2,1H3. The van der Waals surface area contributed by atoms with Crippen LogP contribution in [0.4, 0.5) is 13.2 Å². The molecule has 1 fully saturated rings. The highest BCUT2D eigenvalue weighted by Gasteiger charge is 2.33. The van der Waals surface area contributed by atoms with Gasteiger partial charge < -0.3 is 10.1 Å². The number of piperidine rings is 1. The third-order valence-corrected chi connectivity index (χ3v) is 5.33. The van der Waals surface area contributed by atoms with Gasteiger partial charge in [-0.2, -0.15) is 4.31 Å². The molecule has 0 amide bonds. The van der Waals surface area contributed by atoms with Crippen LogP contribution in [0.5, 0.6) is 5.75 Å². The number of hydrogen-bond acceptors (Lipinski definition) is 4. The predicted molar refractivity (Wildman–Crippen MR) is 74.0 cm³/mol. The van der Waals surface area contributed by atoms with Crippen molar-refractivity contribution in [3.05, 3.63) is 24.3 Å². The summed E-state index contributed by atoms with van der Waals surface area (Å²) in [4.78, 5) is -0.203. The molecule has 2 rings (SSSR count). The summed E-state index contributed by atoms with van der Waals surface area (Å²) in [6.07, 6.45) is -3.30. The summed E-state index contributed by atoms with van der Waals surface area (Å²) in [5, 5.41) is 3.02. The van der Waals surface area contributed by atoms with E-state index in [-0.39, 0.29) is 10.9 Å². The molecule has 1 aromatic rings. The van der Waals surface area contributed by atoms with Gasteiger partial charge in [0.2, 0.25) is 10.0 Å². The molecular weight excluding hydrogens is 321 g/mol. The predicted octanol–water partition coefficient (Wildman–Crippen LogP) is 1.96. The minimum Gasteiger partial charge on any atom is -0.406 e. The lowest BCUT2D eigenvalue weighted by atomic mass is 10.1. The smallest absolute Gasteiger partial charge is 0.406 e. The Morgan fingerprint density at radius 2 is 2.09 bits per heavy atom. The highest BCUT2D eigenvalue weighted by atomic mass is 32.2. The second kappa shape index (κ2) is 6.43. The van der Waals surface area contributed by atoms with Crippen LogP contribution >= 0.6 is 0 Å². The Balaban J connectivity index is 2.24. The van der Waals surface area contributed by atoms with Gasteiger partial charge in [-0.1, -0.05) is 6.07 Å². The van der Waals surface area contributed by atoms with Crippen molar-refractivity contribution in [2.24, 2.45) is 0 Å². The van der Waals surface area contributed by atoms with Crippen molar-refractivity contribution < 1.29 is 26.3 Å². The molecule has 22 heavy (non-hydrogen) atoms. The number of ether oxygens (including phenoxy) is 1. The lowest BCUT2D eigenvalue weighted by Gasteiger charge is -2.31. The number of sulfonamides is 1. The molecule has 1 aromatic carbocycles. The minimum absolute atomic E-state index is 0.0399. The molecule has 0 bridgehead atoms. The first-order valence-electron chi connectivity index (χ1n) is 6.75. The number of hydrogen-bond donors (Lipinski definition) is 1. The van der Waals surface area contributed by atoms with Crippen molar-refractivity contribution >= 4 is 10.0 Å². The number of nitrogens with zero attached hydrogens (tertiary/aromatic N) is 1. The third kappa shape index (κ3) is 4.11. The van der Waals surface area contributed by atoms with E-state index < -0.39 is 22.1 Å². The summed E-state index contributed by atoms with van der Waals surface area (Å²) in [5.41, 5.74) is 0. The van der Waals surface area contributed by atoms with E-state index in [1.165, 1.54) is 16.4 Å². The Labute approximate surface area is 127 Å². The van der Waals surface area contributed by atoms with Crippen LogP contribution in [0.1, 0.15) is 12.8 Å². The maximum Gasteiger partial charge on any atom is 0.573 e. The minimum atomic E-state index is -4.86. The van der Waals surface area contributed by atoms with Crippen molar-refractivity contribution in [2.75, 3.05) is 20.1 Å². The van der Waals surface area contributed by atoms with Crippen LogP contribution in [0, 0.1) is 0 Å². The molecule has 0 spiro atoms. The average molecular weight is 338 g/mol. The highest BCUT2D eigenvalue weighted by Crippen LogP contribution is 2.27. The number of halogens is 3. The number of rotatable bonds is 4. The monoisotopic (exact) mass is 338 g/mol. The lowest BCUT2D eigenvalue weighted by molar-refractivity contribution is -0.274. The average Bonchev–Trinajstić information content (AvgIpc) is 2.46. The van der Waals surface area contributed by atoms with Crippen LogP contribution in [0.15, 0.2) is 29.2 Å². The van der Waals surface area contributed by atoms with E-state index in [0.717, 1.165) is 18.6 Å². The molecule has 1 unspecified atom stereocenters. The summed E-state index contributed by atoms with van der Waals surface area (Å²) in [7, 11) is -2.09. The van der Waals surface area contributed by atoms with E-state index in [9.17, 15) is 21.6 Å². The van der Waals surface area contributed by atoms with E-state index >= 15 is 0 Å². The number of benzene rings is 1. The lowest BCUT2D eigenvalue weighted by Crippen LogP contribution is -2.46. The maximum absolute atomic E-state index is 12.5. The summed E-state index contributed by atoms with van der Waals surface area (Å²) in [5.74, 6) is -0.546. The molecular formula is C13H17F3N2O3S. The van der Waals surface area contributed by atoms with Gasteiger partial charge in [0, 0.05) is 25.2 Å². The molecule has 1 aliphatic heterocycles. The van der Waals surface area contributed by atoms with Gasteiger partial charge in [0.1, 0.15) is 5.75 Å². The van der Waals surface area contributed by atoms with Crippen LogP contribution < -0.4 is 10.1 Å². The molecule has 0 aliphatic carbocycles. The van der Waals surface area contributed by atoms with Crippen LogP contribution in [-0.2, 0) is 10.0 Å². The van der Waals surface area contributed by atoms with Gasteiger partial charge in [0.05, 0.1) is 4.90 Å². The molecule has 0 saturated carbocycles. The SMILES string of the molecule is CNC1CCCN(S(=O)(=O)c2cccc(OC(F)(F)F)c2)C1. The Morgan fingerprint density at radius 3 is 2.73 bits per heavy atom. The molecule has 5 nitrogen and oxygen atoms in total. The molecule has 1 aliphatic rings. The Kier molecular flexibility index (Phi) is 4.98. The number of likely N-dealkylation sites (N-methyl/N-ethyl adjacent to an activating group) is 1. The molecule has 1 heterocycles. The van der Waals surface area contributed by atoms with Crippen LogP contribution in [0.3, 0.4) is 0 Å². The normalized spacial score (nSPS) is 20.8. The highest BCUT2D eigenvalue weighted by molar-refractivity contribution is 7.89. The number of alkyl halides is 3. The van der Waals surface area contributed by atoms with Gasteiger partial charge in [-0.05, 0) is 32.0 Å². The van der Waals surface area contributed by atoms with E-state index in [0.29, 0.717) is 19.5 Å². The molecule has 124 valence electrons. The first kappa shape index (κ1) is 17.0.